The van der Waals surface area contributed by atoms with Gasteiger partial charge in [0.15, 0.2) is 0 Å². The number of hydrazone groups is 1. The molecule has 7 nitrogen and oxygen atoms in total. The van der Waals surface area contributed by atoms with Crippen molar-refractivity contribution >= 4 is 49.4 Å². The molecule has 3 aromatic carbocycles. The van der Waals surface area contributed by atoms with E-state index in [0.29, 0.717) is 5.56 Å². The zero-order valence-electron chi connectivity index (χ0n) is 15.5. The second-order valence-corrected chi connectivity index (χ2v) is 8.91. The number of primary amides is 1. The first-order valence-electron chi connectivity index (χ1n) is 8.83. The lowest BCUT2D eigenvalue weighted by Gasteiger charge is -2.16. The smallest absolute Gasteiger partial charge is 0.285 e. The van der Waals surface area contributed by atoms with Crippen LogP contribution < -0.4 is 10.1 Å². The van der Waals surface area contributed by atoms with Gasteiger partial charge in [0, 0.05) is 22.7 Å². The van der Waals surface area contributed by atoms with E-state index in [1.54, 1.807) is 41.8 Å². The summed E-state index contributed by atoms with van der Waals surface area (Å²) in [5.41, 5.74) is 6.04. The second kappa shape index (κ2) is 8.05. The molecule has 0 atom stereocenters. The molecule has 0 radical (unpaired) electrons. The molecule has 4 aromatic rings. The van der Waals surface area contributed by atoms with Crippen molar-refractivity contribution in [3.05, 3.63) is 89.4 Å². The number of sulfonamides is 1. The Balaban J connectivity index is 1.80. The second-order valence-electron chi connectivity index (χ2n) is 6.27. The van der Waals surface area contributed by atoms with Gasteiger partial charge in [-0.25, -0.2) is 4.98 Å². The van der Waals surface area contributed by atoms with Crippen molar-refractivity contribution < 1.29 is 13.2 Å². The number of aromatic nitrogens is 1. The van der Waals surface area contributed by atoms with Gasteiger partial charge in [-0.05, 0) is 29.0 Å². The lowest BCUT2D eigenvalue weighted by Crippen LogP contribution is -2.26. The Hall–Kier alpha value is -3.56. The molecule has 150 valence electrons. The number of amides is 1. The standard InChI is InChI=1S/C21H16N4O3S2/c22-20(26)19-8-4-3-7-17(19)14-24-25(21-23-11-12-29-21)30(27,28)18-10-9-15-5-1-2-6-16(15)13-18/h1-14H,(H2,22,26)/b24-14+. The van der Waals surface area contributed by atoms with Gasteiger partial charge in [-0.3, -0.25) is 4.79 Å². The molecule has 0 aliphatic rings. The van der Waals surface area contributed by atoms with E-state index < -0.39 is 15.9 Å². The zero-order valence-corrected chi connectivity index (χ0v) is 17.2. The molecule has 1 heterocycles. The van der Waals surface area contributed by atoms with Crippen molar-refractivity contribution in [3.63, 3.8) is 0 Å². The summed E-state index contributed by atoms with van der Waals surface area (Å²) in [6.45, 7) is 0. The molecule has 1 aromatic heterocycles. The third-order valence-corrected chi connectivity index (χ3v) is 6.79. The highest BCUT2D eigenvalue weighted by Crippen LogP contribution is 2.28. The third-order valence-electron chi connectivity index (χ3n) is 4.36. The van der Waals surface area contributed by atoms with Gasteiger partial charge in [0.2, 0.25) is 11.0 Å². The quantitative estimate of drug-likeness (QED) is 0.368. The SMILES string of the molecule is NC(=O)c1ccccc1/C=N/N(c1nccs1)S(=O)(=O)c1ccc2ccccc2c1. The summed E-state index contributed by atoms with van der Waals surface area (Å²) in [5, 5.41) is 7.72. The average Bonchev–Trinajstić information content (AvgIpc) is 3.28. The predicted molar refractivity (Wildman–Crippen MR) is 118 cm³/mol. The molecule has 0 bridgehead atoms. The van der Waals surface area contributed by atoms with E-state index in [1.165, 1.54) is 18.5 Å². The number of nitrogens with two attached hydrogens (primary N) is 1. The highest BCUT2D eigenvalue weighted by molar-refractivity contribution is 7.93. The number of fused-ring (bicyclic) bond motifs is 1. The Morgan fingerprint density at radius 2 is 1.77 bits per heavy atom. The van der Waals surface area contributed by atoms with Crippen LogP contribution in [-0.4, -0.2) is 25.5 Å². The van der Waals surface area contributed by atoms with E-state index in [1.807, 2.05) is 24.3 Å². The Morgan fingerprint density at radius 3 is 2.50 bits per heavy atom. The maximum absolute atomic E-state index is 13.4. The van der Waals surface area contributed by atoms with Crippen LogP contribution in [0.1, 0.15) is 15.9 Å². The van der Waals surface area contributed by atoms with Crippen LogP contribution in [0.15, 0.2) is 88.3 Å². The lowest BCUT2D eigenvalue weighted by molar-refractivity contribution is 0.1000. The molecule has 0 unspecified atom stereocenters. The van der Waals surface area contributed by atoms with Gasteiger partial charge in [0.05, 0.1) is 11.1 Å². The number of benzene rings is 3. The zero-order chi connectivity index (χ0) is 21.1. The summed E-state index contributed by atoms with van der Waals surface area (Å²) < 4.78 is 27.7. The van der Waals surface area contributed by atoms with E-state index in [9.17, 15) is 13.2 Å². The average molecular weight is 437 g/mol. The van der Waals surface area contributed by atoms with Crippen LogP contribution in [0.4, 0.5) is 5.13 Å². The van der Waals surface area contributed by atoms with Crippen LogP contribution in [-0.2, 0) is 10.0 Å². The van der Waals surface area contributed by atoms with E-state index in [-0.39, 0.29) is 15.6 Å². The fourth-order valence-corrected chi connectivity index (χ4v) is 4.97. The molecule has 4 rings (SSSR count). The van der Waals surface area contributed by atoms with E-state index in [0.717, 1.165) is 26.5 Å². The van der Waals surface area contributed by atoms with Gasteiger partial charge in [0.25, 0.3) is 10.0 Å². The van der Waals surface area contributed by atoms with Crippen LogP contribution in [0.3, 0.4) is 0 Å². The molecular weight excluding hydrogens is 420 g/mol. The van der Waals surface area contributed by atoms with E-state index in [4.69, 9.17) is 5.73 Å². The van der Waals surface area contributed by atoms with Gasteiger partial charge in [0.1, 0.15) is 0 Å². The van der Waals surface area contributed by atoms with Crippen molar-refractivity contribution in [2.75, 3.05) is 4.41 Å². The van der Waals surface area contributed by atoms with Gasteiger partial charge in [-0.2, -0.15) is 13.5 Å². The lowest BCUT2D eigenvalue weighted by atomic mass is 10.1. The maximum Gasteiger partial charge on any atom is 0.285 e. The Bertz CT molecular complexity index is 1350. The van der Waals surface area contributed by atoms with Crippen LogP contribution in [0.2, 0.25) is 0 Å². The molecule has 0 aliphatic heterocycles. The third kappa shape index (κ3) is 3.80. The van der Waals surface area contributed by atoms with Crippen molar-refractivity contribution in [2.24, 2.45) is 10.8 Å². The van der Waals surface area contributed by atoms with Crippen molar-refractivity contribution in [2.45, 2.75) is 4.90 Å². The van der Waals surface area contributed by atoms with Crippen LogP contribution >= 0.6 is 11.3 Å². The Kier molecular flexibility index (Phi) is 5.30. The minimum Gasteiger partial charge on any atom is -0.366 e. The minimum absolute atomic E-state index is 0.0803. The van der Waals surface area contributed by atoms with Crippen LogP contribution in [0.5, 0.6) is 0 Å². The van der Waals surface area contributed by atoms with Crippen LogP contribution in [0.25, 0.3) is 10.8 Å². The molecule has 0 fully saturated rings. The number of rotatable bonds is 6. The van der Waals surface area contributed by atoms with Crippen molar-refractivity contribution in [3.8, 4) is 0 Å². The van der Waals surface area contributed by atoms with Crippen LogP contribution in [0, 0.1) is 0 Å². The summed E-state index contributed by atoms with van der Waals surface area (Å²) >= 11 is 1.13. The minimum atomic E-state index is -4.05. The summed E-state index contributed by atoms with van der Waals surface area (Å²) in [5.74, 6) is -0.629. The van der Waals surface area contributed by atoms with Gasteiger partial charge < -0.3 is 5.73 Å². The highest BCUT2D eigenvalue weighted by Gasteiger charge is 2.27. The number of hydrogen-bond acceptors (Lipinski definition) is 6. The molecular formula is C21H16N4O3S2. The number of carbonyl (C=O) groups is 1. The molecule has 0 saturated carbocycles. The number of hydrogen-bond donors (Lipinski definition) is 1. The summed E-state index contributed by atoms with van der Waals surface area (Å²) in [6, 6.07) is 18.9. The monoisotopic (exact) mass is 436 g/mol. The first kappa shape index (κ1) is 19.7. The largest absolute Gasteiger partial charge is 0.366 e. The van der Waals surface area contributed by atoms with Crippen molar-refractivity contribution in [1.82, 2.24) is 4.98 Å². The fraction of sp³-hybridized carbons (Fsp3) is 0. The molecule has 30 heavy (non-hydrogen) atoms. The van der Waals surface area contributed by atoms with E-state index in [2.05, 4.69) is 10.1 Å². The van der Waals surface area contributed by atoms with Gasteiger partial charge >= 0.3 is 0 Å². The number of carbonyl (C=O) groups excluding carboxylic acids is 1. The topological polar surface area (TPSA) is 106 Å². The maximum atomic E-state index is 13.4. The first-order chi connectivity index (χ1) is 14.5. The number of nitrogens with zero attached hydrogens (tertiary/aromatic N) is 3. The molecule has 9 heteroatoms. The number of thiazole rings is 1. The Labute approximate surface area is 177 Å². The highest BCUT2D eigenvalue weighted by atomic mass is 32.2. The van der Waals surface area contributed by atoms with Gasteiger partial charge in [-0.1, -0.05) is 48.5 Å². The number of anilines is 1. The predicted octanol–water partition coefficient (Wildman–Crippen LogP) is 3.62. The summed E-state index contributed by atoms with van der Waals surface area (Å²) in [4.78, 5) is 15.8. The van der Waals surface area contributed by atoms with Crippen molar-refractivity contribution in [1.29, 1.82) is 0 Å². The molecule has 0 spiro atoms. The van der Waals surface area contributed by atoms with Gasteiger partial charge in [-0.15, -0.1) is 15.8 Å². The molecule has 2 N–H and O–H groups in total. The molecule has 1 amide bonds. The summed E-state index contributed by atoms with van der Waals surface area (Å²) in [7, 11) is -4.05. The molecule has 0 saturated heterocycles. The summed E-state index contributed by atoms with van der Waals surface area (Å²) in [6.07, 6.45) is 2.79. The first-order valence-corrected chi connectivity index (χ1v) is 11.2. The molecule has 0 aliphatic carbocycles. The van der Waals surface area contributed by atoms with E-state index >= 15 is 0 Å². The normalized spacial score (nSPS) is 11.7. The Morgan fingerprint density at radius 1 is 1.03 bits per heavy atom. The fourth-order valence-electron chi connectivity index (χ4n) is 2.90.